The number of anilines is 4. The molecule has 0 saturated heterocycles. The highest BCUT2D eigenvalue weighted by molar-refractivity contribution is 5.92. The van der Waals surface area contributed by atoms with Gasteiger partial charge in [-0.3, -0.25) is 9.59 Å². The van der Waals surface area contributed by atoms with Gasteiger partial charge in [-0.2, -0.15) is 0 Å². The summed E-state index contributed by atoms with van der Waals surface area (Å²) in [6.07, 6.45) is 5.26. The molecule has 2 amide bonds. The largest absolute Gasteiger partial charge is 0.326 e. The Bertz CT molecular complexity index is 1110. The molecule has 2 aromatic carbocycles. The number of aromatic nitrogens is 2. The summed E-state index contributed by atoms with van der Waals surface area (Å²) >= 11 is 0. The summed E-state index contributed by atoms with van der Waals surface area (Å²) in [5, 5.41) is 8.78. The fraction of sp³-hybridized carbons (Fsp3) is 0.0833. The minimum atomic E-state index is -0.134. The molecule has 1 aromatic heterocycles. The van der Waals surface area contributed by atoms with E-state index in [1.54, 1.807) is 36.5 Å². The molecular formula is C24H23N5O2. The van der Waals surface area contributed by atoms with Gasteiger partial charge >= 0.3 is 0 Å². The predicted octanol–water partition coefficient (Wildman–Crippen LogP) is 4.92. The van der Waals surface area contributed by atoms with Gasteiger partial charge in [0.05, 0.1) is 5.69 Å². The molecular weight excluding hydrogens is 390 g/mol. The Kier molecular flexibility index (Phi) is 7.26. The first kappa shape index (κ1) is 21.4. The van der Waals surface area contributed by atoms with Gasteiger partial charge in [-0.25, -0.2) is 9.97 Å². The van der Waals surface area contributed by atoms with Gasteiger partial charge in [0.1, 0.15) is 0 Å². The van der Waals surface area contributed by atoms with Crippen molar-refractivity contribution in [3.8, 4) is 11.3 Å². The van der Waals surface area contributed by atoms with Crippen LogP contribution < -0.4 is 16.0 Å². The summed E-state index contributed by atoms with van der Waals surface area (Å²) < 4.78 is 0. The third-order valence-corrected chi connectivity index (χ3v) is 4.16. The standard InChI is InChI=1S/C24H23N5O2/c1-3-7-22(30)26-18-10-5-9-17(15-18)21-13-14-25-24(29-21)28-20-12-6-11-19(16-20)27-23(31)8-4-2/h3-6,9-16H,1-2,7-8H2,(H,26,30)(H,27,31)(H,25,28,29). The molecule has 156 valence electrons. The number of hydrogen-bond acceptors (Lipinski definition) is 5. The molecule has 0 aliphatic carbocycles. The van der Waals surface area contributed by atoms with Gasteiger partial charge in [-0.05, 0) is 36.4 Å². The summed E-state index contributed by atoms with van der Waals surface area (Å²) in [6, 6.07) is 16.5. The molecule has 3 rings (SSSR count). The fourth-order valence-corrected chi connectivity index (χ4v) is 2.83. The van der Waals surface area contributed by atoms with Crippen molar-refractivity contribution in [2.24, 2.45) is 0 Å². The zero-order chi connectivity index (χ0) is 22.1. The average Bonchev–Trinajstić information content (AvgIpc) is 2.75. The smallest absolute Gasteiger partial charge is 0.228 e. The quantitative estimate of drug-likeness (QED) is 0.433. The molecule has 0 unspecified atom stereocenters. The second-order valence-electron chi connectivity index (χ2n) is 6.63. The monoisotopic (exact) mass is 413 g/mol. The highest BCUT2D eigenvalue weighted by Crippen LogP contribution is 2.23. The molecule has 3 aromatic rings. The van der Waals surface area contributed by atoms with Crippen LogP contribution in [-0.2, 0) is 9.59 Å². The summed E-state index contributed by atoms with van der Waals surface area (Å²) in [5.74, 6) is 0.149. The van der Waals surface area contributed by atoms with Gasteiger partial charge < -0.3 is 16.0 Å². The van der Waals surface area contributed by atoms with Gasteiger partial charge in [-0.15, -0.1) is 13.2 Å². The molecule has 0 fully saturated rings. The van der Waals surface area contributed by atoms with Crippen LogP contribution in [-0.4, -0.2) is 21.8 Å². The number of carbonyl (C=O) groups is 2. The number of carbonyl (C=O) groups excluding carboxylic acids is 2. The first-order chi connectivity index (χ1) is 15.1. The average molecular weight is 413 g/mol. The number of nitrogens with zero attached hydrogens (tertiary/aromatic N) is 2. The number of benzene rings is 2. The molecule has 7 heteroatoms. The van der Waals surface area contributed by atoms with Gasteiger partial charge in [0, 0.05) is 41.7 Å². The van der Waals surface area contributed by atoms with Crippen LogP contribution in [0.3, 0.4) is 0 Å². The molecule has 3 N–H and O–H groups in total. The van der Waals surface area contributed by atoms with Crippen LogP contribution in [0.25, 0.3) is 11.3 Å². The summed E-state index contributed by atoms with van der Waals surface area (Å²) in [5.41, 5.74) is 3.62. The Labute approximate surface area is 180 Å². The van der Waals surface area contributed by atoms with Gasteiger partial charge in [0.2, 0.25) is 17.8 Å². The van der Waals surface area contributed by atoms with Crippen molar-refractivity contribution >= 4 is 34.8 Å². The summed E-state index contributed by atoms with van der Waals surface area (Å²) in [6.45, 7) is 7.13. The number of rotatable bonds is 9. The number of hydrogen-bond donors (Lipinski definition) is 3. The highest BCUT2D eigenvalue weighted by Gasteiger charge is 2.07. The SMILES string of the molecule is C=CCC(=O)Nc1cccc(Nc2nccc(-c3cccc(NC(=O)CC=C)c3)n2)c1. The van der Waals surface area contributed by atoms with Gasteiger partial charge in [0.25, 0.3) is 0 Å². The van der Waals surface area contributed by atoms with Crippen LogP contribution in [0.15, 0.2) is 86.1 Å². The lowest BCUT2D eigenvalue weighted by Gasteiger charge is -2.10. The molecule has 31 heavy (non-hydrogen) atoms. The zero-order valence-electron chi connectivity index (χ0n) is 17.0. The third-order valence-electron chi connectivity index (χ3n) is 4.16. The van der Waals surface area contributed by atoms with Crippen LogP contribution >= 0.6 is 0 Å². The molecule has 0 bridgehead atoms. The van der Waals surface area contributed by atoms with E-state index in [9.17, 15) is 9.59 Å². The Balaban J connectivity index is 1.75. The molecule has 7 nitrogen and oxygen atoms in total. The van der Waals surface area contributed by atoms with Crippen molar-refractivity contribution in [1.82, 2.24) is 9.97 Å². The Morgan fingerprint density at radius 2 is 1.45 bits per heavy atom. The Hall–Kier alpha value is -4.26. The number of nitrogens with one attached hydrogen (secondary N) is 3. The molecule has 0 spiro atoms. The highest BCUT2D eigenvalue weighted by atomic mass is 16.2. The van der Waals surface area contributed by atoms with E-state index in [1.165, 1.54) is 0 Å². The summed E-state index contributed by atoms with van der Waals surface area (Å²) in [7, 11) is 0. The lowest BCUT2D eigenvalue weighted by molar-refractivity contribution is -0.116. The van der Waals surface area contributed by atoms with Crippen molar-refractivity contribution in [3.05, 3.63) is 86.1 Å². The van der Waals surface area contributed by atoms with Crippen molar-refractivity contribution in [1.29, 1.82) is 0 Å². The maximum Gasteiger partial charge on any atom is 0.228 e. The van der Waals surface area contributed by atoms with E-state index in [0.29, 0.717) is 23.0 Å². The Morgan fingerprint density at radius 3 is 2.13 bits per heavy atom. The molecule has 0 radical (unpaired) electrons. The van der Waals surface area contributed by atoms with E-state index in [1.807, 2.05) is 36.4 Å². The van der Waals surface area contributed by atoms with Crippen molar-refractivity contribution in [2.45, 2.75) is 12.8 Å². The summed E-state index contributed by atoms with van der Waals surface area (Å²) in [4.78, 5) is 32.4. The first-order valence-electron chi connectivity index (χ1n) is 9.69. The van der Waals surface area contributed by atoms with E-state index in [-0.39, 0.29) is 24.7 Å². The van der Waals surface area contributed by atoms with Crippen molar-refractivity contribution in [3.63, 3.8) is 0 Å². The van der Waals surface area contributed by atoms with Crippen molar-refractivity contribution in [2.75, 3.05) is 16.0 Å². The van der Waals surface area contributed by atoms with E-state index >= 15 is 0 Å². The molecule has 0 atom stereocenters. The Morgan fingerprint density at radius 1 is 0.839 bits per heavy atom. The maximum absolute atomic E-state index is 11.8. The second-order valence-corrected chi connectivity index (χ2v) is 6.63. The van der Waals surface area contributed by atoms with Gasteiger partial charge in [0.15, 0.2) is 0 Å². The zero-order valence-corrected chi connectivity index (χ0v) is 17.0. The second kappa shape index (κ2) is 10.5. The molecule has 0 saturated carbocycles. The molecule has 0 aliphatic heterocycles. The molecule has 0 aliphatic rings. The van der Waals surface area contributed by atoms with E-state index in [2.05, 4.69) is 39.1 Å². The van der Waals surface area contributed by atoms with Crippen molar-refractivity contribution < 1.29 is 9.59 Å². The van der Waals surface area contributed by atoms with Crippen LogP contribution in [0.4, 0.5) is 23.0 Å². The maximum atomic E-state index is 11.8. The van der Waals surface area contributed by atoms with Crippen LogP contribution in [0.2, 0.25) is 0 Å². The molecule has 1 heterocycles. The predicted molar refractivity (Wildman–Crippen MR) is 124 cm³/mol. The normalized spacial score (nSPS) is 10.1. The number of amides is 2. The van der Waals surface area contributed by atoms with Crippen LogP contribution in [0.5, 0.6) is 0 Å². The minimum absolute atomic E-state index is 0.128. The topological polar surface area (TPSA) is 96.0 Å². The van der Waals surface area contributed by atoms with Crippen LogP contribution in [0.1, 0.15) is 12.8 Å². The third kappa shape index (κ3) is 6.37. The van der Waals surface area contributed by atoms with E-state index < -0.39 is 0 Å². The lowest BCUT2D eigenvalue weighted by atomic mass is 10.1. The van der Waals surface area contributed by atoms with E-state index in [0.717, 1.165) is 11.3 Å². The first-order valence-corrected chi connectivity index (χ1v) is 9.69. The van der Waals surface area contributed by atoms with Gasteiger partial charge in [-0.1, -0.05) is 30.4 Å². The minimum Gasteiger partial charge on any atom is -0.326 e. The van der Waals surface area contributed by atoms with Crippen LogP contribution in [0, 0.1) is 0 Å². The lowest BCUT2D eigenvalue weighted by Crippen LogP contribution is -2.10. The van der Waals surface area contributed by atoms with E-state index in [4.69, 9.17) is 0 Å². The fourth-order valence-electron chi connectivity index (χ4n) is 2.83.